The molecule has 2 heterocycles. The molecule has 0 N–H and O–H groups in total. The minimum absolute atomic E-state index is 0.131. The van der Waals surface area contributed by atoms with Crippen LogP contribution in [0.25, 0.3) is 0 Å². The third kappa shape index (κ3) is 4.70. The first-order chi connectivity index (χ1) is 14.2. The molecule has 29 heavy (non-hydrogen) atoms. The van der Waals surface area contributed by atoms with Crippen LogP contribution in [0.2, 0.25) is 0 Å². The maximum Gasteiger partial charge on any atom is 0.271 e. The average Bonchev–Trinajstić information content (AvgIpc) is 2.76. The molecule has 0 saturated carbocycles. The van der Waals surface area contributed by atoms with E-state index in [1.807, 2.05) is 36.4 Å². The van der Waals surface area contributed by atoms with Crippen LogP contribution < -0.4 is 9.64 Å². The summed E-state index contributed by atoms with van der Waals surface area (Å²) < 4.78 is 6.01. The van der Waals surface area contributed by atoms with Gasteiger partial charge in [-0.25, -0.2) is 0 Å². The first-order valence-corrected chi connectivity index (χ1v) is 9.56. The quantitative estimate of drug-likeness (QED) is 0.466. The van der Waals surface area contributed by atoms with Gasteiger partial charge in [-0.1, -0.05) is 24.3 Å². The number of nitrogens with zero attached hydrogens (tertiary/aromatic N) is 4. The van der Waals surface area contributed by atoms with Gasteiger partial charge < -0.3 is 9.64 Å². The molecule has 0 bridgehead atoms. The van der Waals surface area contributed by atoms with E-state index in [1.54, 1.807) is 24.5 Å². The second-order valence-electron chi connectivity index (χ2n) is 6.94. The van der Waals surface area contributed by atoms with Gasteiger partial charge in [-0.15, -0.1) is 0 Å². The highest BCUT2D eigenvalue weighted by atomic mass is 16.6. The summed E-state index contributed by atoms with van der Waals surface area (Å²) in [6.07, 6.45) is 3.42. The zero-order chi connectivity index (χ0) is 20.1. The van der Waals surface area contributed by atoms with Crippen molar-refractivity contribution in [3.05, 3.63) is 88.7 Å². The fourth-order valence-electron chi connectivity index (χ4n) is 3.48. The smallest absolute Gasteiger partial charge is 0.271 e. The Morgan fingerprint density at radius 2 is 1.83 bits per heavy atom. The number of piperazine rings is 1. The van der Waals surface area contributed by atoms with E-state index in [1.165, 1.54) is 6.07 Å². The summed E-state index contributed by atoms with van der Waals surface area (Å²) in [5.74, 6) is 1.55. The van der Waals surface area contributed by atoms with Crippen molar-refractivity contribution in [2.24, 2.45) is 0 Å². The third-order valence-corrected chi connectivity index (χ3v) is 5.01. The Hall–Kier alpha value is -3.45. The van der Waals surface area contributed by atoms with Crippen LogP contribution in [0.1, 0.15) is 5.56 Å². The van der Waals surface area contributed by atoms with Crippen LogP contribution in [0.5, 0.6) is 11.5 Å². The molecular weight excluding hydrogens is 368 g/mol. The van der Waals surface area contributed by atoms with E-state index in [2.05, 4.69) is 20.9 Å². The van der Waals surface area contributed by atoms with E-state index >= 15 is 0 Å². The molecule has 1 aromatic heterocycles. The van der Waals surface area contributed by atoms with Crippen molar-refractivity contribution in [1.29, 1.82) is 0 Å². The van der Waals surface area contributed by atoms with Gasteiger partial charge in [0, 0.05) is 62.3 Å². The van der Waals surface area contributed by atoms with Gasteiger partial charge in [0.2, 0.25) is 0 Å². The summed E-state index contributed by atoms with van der Waals surface area (Å²) >= 11 is 0. The Kier molecular flexibility index (Phi) is 5.67. The van der Waals surface area contributed by atoms with Crippen LogP contribution in [-0.4, -0.2) is 41.0 Å². The first-order valence-electron chi connectivity index (χ1n) is 9.56. The summed E-state index contributed by atoms with van der Waals surface area (Å²) in [4.78, 5) is 19.3. The molecule has 0 aliphatic carbocycles. The lowest BCUT2D eigenvalue weighted by atomic mass is 10.1. The molecule has 0 radical (unpaired) electrons. The lowest BCUT2D eigenvalue weighted by molar-refractivity contribution is -0.384. The third-order valence-electron chi connectivity index (χ3n) is 5.01. The van der Waals surface area contributed by atoms with Gasteiger partial charge in [-0.2, -0.15) is 0 Å². The van der Waals surface area contributed by atoms with Crippen molar-refractivity contribution >= 4 is 11.4 Å². The molecule has 7 nitrogen and oxygen atoms in total. The minimum atomic E-state index is -0.348. The van der Waals surface area contributed by atoms with E-state index in [9.17, 15) is 10.1 Å². The van der Waals surface area contributed by atoms with E-state index in [4.69, 9.17) is 4.74 Å². The van der Waals surface area contributed by atoms with Crippen LogP contribution in [0, 0.1) is 10.1 Å². The number of nitro benzene ring substituents is 1. The molecule has 148 valence electrons. The van der Waals surface area contributed by atoms with Crippen LogP contribution in [0.3, 0.4) is 0 Å². The number of para-hydroxylation sites is 1. The topological polar surface area (TPSA) is 71.7 Å². The summed E-state index contributed by atoms with van der Waals surface area (Å²) in [6, 6.07) is 18.6. The molecule has 1 saturated heterocycles. The van der Waals surface area contributed by atoms with Crippen LogP contribution in [0.15, 0.2) is 73.1 Å². The normalized spacial score (nSPS) is 14.6. The largest absolute Gasteiger partial charge is 0.455 e. The Morgan fingerprint density at radius 1 is 1.00 bits per heavy atom. The zero-order valence-electron chi connectivity index (χ0n) is 16.0. The molecule has 1 aliphatic rings. The van der Waals surface area contributed by atoms with Crippen molar-refractivity contribution < 1.29 is 9.66 Å². The van der Waals surface area contributed by atoms with Gasteiger partial charge in [0.25, 0.3) is 5.69 Å². The highest BCUT2D eigenvalue weighted by Crippen LogP contribution is 2.27. The lowest BCUT2D eigenvalue weighted by Crippen LogP contribution is -2.46. The molecule has 2 aromatic carbocycles. The Morgan fingerprint density at radius 3 is 2.59 bits per heavy atom. The molecule has 7 heteroatoms. The summed E-state index contributed by atoms with van der Waals surface area (Å²) in [6.45, 7) is 4.20. The van der Waals surface area contributed by atoms with Gasteiger partial charge >= 0.3 is 0 Å². The van der Waals surface area contributed by atoms with Crippen LogP contribution >= 0.6 is 0 Å². The highest BCUT2D eigenvalue weighted by Gasteiger charge is 2.20. The number of anilines is 1. The number of rotatable bonds is 6. The number of pyridine rings is 1. The van der Waals surface area contributed by atoms with Gasteiger partial charge in [0.05, 0.1) is 11.1 Å². The first kappa shape index (κ1) is 18.9. The molecule has 1 fully saturated rings. The van der Waals surface area contributed by atoms with Crippen molar-refractivity contribution in [2.45, 2.75) is 6.54 Å². The number of benzene rings is 2. The summed E-state index contributed by atoms with van der Waals surface area (Å²) in [5.41, 5.74) is 2.16. The molecule has 3 aromatic rings. The fourth-order valence-corrected chi connectivity index (χ4v) is 3.48. The maximum absolute atomic E-state index is 11.0. The van der Waals surface area contributed by atoms with Crippen LogP contribution in [-0.2, 0) is 6.54 Å². The van der Waals surface area contributed by atoms with Crippen molar-refractivity contribution in [3.63, 3.8) is 0 Å². The Bertz CT molecular complexity index is 973. The number of nitro groups is 1. The molecule has 4 rings (SSSR count). The molecule has 0 unspecified atom stereocenters. The number of hydrogen-bond donors (Lipinski definition) is 0. The second kappa shape index (κ2) is 8.70. The second-order valence-corrected chi connectivity index (χ2v) is 6.94. The van der Waals surface area contributed by atoms with Crippen LogP contribution in [0.4, 0.5) is 11.4 Å². The Labute approximate surface area is 169 Å². The van der Waals surface area contributed by atoms with Gasteiger partial charge in [0.1, 0.15) is 11.5 Å². The van der Waals surface area contributed by atoms with E-state index < -0.39 is 0 Å². The summed E-state index contributed by atoms with van der Waals surface area (Å²) in [7, 11) is 0. The SMILES string of the molecule is O=[N+]([O-])c1cccc(N2CCN(Cc3ccccc3Oc3cccnc3)CC2)c1. The average molecular weight is 390 g/mol. The summed E-state index contributed by atoms with van der Waals surface area (Å²) in [5, 5.41) is 11.0. The standard InChI is InChI=1S/C22H22N4O3/c27-26(28)20-7-3-6-19(15-20)25-13-11-24(12-14-25)17-18-5-1-2-9-22(18)29-21-8-4-10-23-16-21/h1-10,15-16H,11-14,17H2. The maximum atomic E-state index is 11.0. The van der Waals surface area contributed by atoms with Crippen molar-refractivity contribution in [2.75, 3.05) is 31.1 Å². The molecular formula is C22H22N4O3. The number of hydrogen-bond acceptors (Lipinski definition) is 6. The van der Waals surface area contributed by atoms with E-state index in [0.717, 1.165) is 55.5 Å². The van der Waals surface area contributed by atoms with Gasteiger partial charge in [0.15, 0.2) is 0 Å². The minimum Gasteiger partial charge on any atom is -0.455 e. The zero-order valence-corrected chi connectivity index (χ0v) is 16.0. The van der Waals surface area contributed by atoms with Crippen molar-refractivity contribution in [3.8, 4) is 11.5 Å². The van der Waals surface area contributed by atoms with E-state index in [-0.39, 0.29) is 10.6 Å². The monoisotopic (exact) mass is 390 g/mol. The number of non-ortho nitro benzene ring substituents is 1. The number of ether oxygens (including phenoxy) is 1. The van der Waals surface area contributed by atoms with Gasteiger partial charge in [-0.05, 0) is 24.3 Å². The Balaban J connectivity index is 1.39. The predicted octanol–water partition coefficient (Wildman–Crippen LogP) is 4.10. The predicted molar refractivity (Wildman–Crippen MR) is 111 cm³/mol. The van der Waals surface area contributed by atoms with Crippen molar-refractivity contribution in [1.82, 2.24) is 9.88 Å². The van der Waals surface area contributed by atoms with E-state index in [0.29, 0.717) is 0 Å². The lowest BCUT2D eigenvalue weighted by Gasteiger charge is -2.36. The highest BCUT2D eigenvalue weighted by molar-refractivity contribution is 5.53. The molecule has 1 aliphatic heterocycles. The molecule has 0 atom stereocenters. The fraction of sp³-hybridized carbons (Fsp3) is 0.227. The molecule has 0 spiro atoms. The van der Waals surface area contributed by atoms with Gasteiger partial charge in [-0.3, -0.25) is 20.0 Å². The number of aromatic nitrogens is 1. The molecule has 0 amide bonds.